The van der Waals surface area contributed by atoms with Gasteiger partial charge < -0.3 is 14.2 Å². The van der Waals surface area contributed by atoms with Gasteiger partial charge in [-0.25, -0.2) is 0 Å². The van der Waals surface area contributed by atoms with E-state index in [9.17, 15) is 4.79 Å². The van der Waals surface area contributed by atoms with Crippen molar-refractivity contribution < 1.29 is 21.1 Å². The van der Waals surface area contributed by atoms with Crippen LogP contribution in [-0.2, 0) is 21.1 Å². The summed E-state index contributed by atoms with van der Waals surface area (Å²) in [4.78, 5) is 15.8. The molecule has 0 amide bonds. The molecule has 2 aromatic heterocycles. The third-order valence-electron chi connectivity index (χ3n) is 2.03. The number of hydrogen-bond donors (Lipinski definition) is 0. The Hall–Kier alpha value is -1.08. The van der Waals surface area contributed by atoms with Gasteiger partial charge in [0.2, 0.25) is 0 Å². The first-order valence-electron chi connectivity index (χ1n) is 4.00. The Balaban J connectivity index is 0.000000980. The minimum absolute atomic E-state index is 0. The molecule has 3 nitrogen and oxygen atoms in total. The van der Waals surface area contributed by atoms with Gasteiger partial charge in [-0.05, 0) is 12.1 Å². The molecule has 0 unspecified atom stereocenters. The van der Waals surface area contributed by atoms with Gasteiger partial charge in [-0.1, -0.05) is 18.7 Å². The van der Waals surface area contributed by atoms with Gasteiger partial charge in [0, 0.05) is 6.20 Å². The zero-order chi connectivity index (χ0) is 9.42. The third kappa shape index (κ3) is 1.60. The molecule has 0 atom stereocenters. The van der Waals surface area contributed by atoms with E-state index >= 15 is 0 Å². The zero-order valence-corrected chi connectivity index (χ0v) is 10.7. The van der Waals surface area contributed by atoms with E-state index in [1.807, 2.05) is 6.07 Å². The Morgan fingerprint density at radius 1 is 1.43 bits per heavy atom. The molecule has 4 heteroatoms. The van der Waals surface area contributed by atoms with E-state index in [1.54, 1.807) is 25.3 Å². The summed E-state index contributed by atoms with van der Waals surface area (Å²) in [5, 5.41) is 0. The normalized spacial score (nSPS) is 9.79. The molecule has 70 valence electrons. The Kier molecular flexibility index (Phi) is 3.12. The molecule has 2 rings (SSSR count). The average molecular weight is 357 g/mol. The van der Waals surface area contributed by atoms with Crippen LogP contribution in [0.2, 0.25) is 0 Å². The van der Waals surface area contributed by atoms with Gasteiger partial charge in [0.05, 0.1) is 0 Å². The van der Waals surface area contributed by atoms with Crippen LogP contribution in [0.4, 0.5) is 0 Å². The van der Waals surface area contributed by atoms with Gasteiger partial charge in [-0.3, -0.25) is 0 Å². The average Bonchev–Trinajstić information content (AvgIpc) is 2.15. The summed E-state index contributed by atoms with van der Waals surface area (Å²) < 4.78 is 1.50. The fraction of sp³-hybridized carbons (Fsp3) is 0.100. The summed E-state index contributed by atoms with van der Waals surface area (Å²) in [6.07, 6.45) is 1.69. The van der Waals surface area contributed by atoms with Crippen LogP contribution in [0, 0.1) is 13.8 Å². The number of hydrogen-bond acceptors (Lipinski definition) is 2. The van der Waals surface area contributed by atoms with E-state index in [1.165, 1.54) is 4.40 Å². The van der Waals surface area contributed by atoms with Crippen LogP contribution in [-0.4, -0.2) is 9.38 Å². The molecule has 0 saturated carbocycles. The van der Waals surface area contributed by atoms with Crippen LogP contribution in [0.25, 0.3) is 5.65 Å². The first kappa shape index (κ1) is 11.0. The molecule has 0 saturated heterocycles. The fourth-order valence-corrected chi connectivity index (χ4v) is 1.24. The number of aryl methyl sites for hydroxylation is 1. The van der Waals surface area contributed by atoms with E-state index < -0.39 is 0 Å². The molecule has 2 heterocycles. The maximum atomic E-state index is 11.6. The Labute approximate surface area is 96.1 Å². The Morgan fingerprint density at radius 2 is 2.14 bits per heavy atom. The maximum absolute atomic E-state index is 11.6. The molecule has 0 fully saturated rings. The van der Waals surface area contributed by atoms with Gasteiger partial charge in [-0.15, -0.1) is 5.56 Å². The Morgan fingerprint density at radius 3 is 2.86 bits per heavy atom. The minimum Gasteiger partial charge on any atom is -0.346 e. The molecular formula is C10H9N2OW+. The summed E-state index contributed by atoms with van der Waals surface area (Å²) in [7, 11) is 0. The van der Waals surface area contributed by atoms with Crippen molar-refractivity contribution in [2.75, 3.05) is 0 Å². The van der Waals surface area contributed by atoms with Crippen molar-refractivity contribution in [3.8, 4) is 0 Å². The van der Waals surface area contributed by atoms with Crippen LogP contribution in [0.5, 0.6) is 0 Å². The second-order valence-corrected chi connectivity index (χ2v) is 2.91. The van der Waals surface area contributed by atoms with Crippen molar-refractivity contribution in [2.45, 2.75) is 6.92 Å². The molecule has 0 aliphatic carbocycles. The second-order valence-electron chi connectivity index (χ2n) is 2.91. The molecule has 2 aromatic rings. The van der Waals surface area contributed by atoms with E-state index in [0.717, 1.165) is 0 Å². The topological polar surface area (TPSA) is 34.4 Å². The first-order valence-corrected chi connectivity index (χ1v) is 4.00. The summed E-state index contributed by atoms with van der Waals surface area (Å²) >= 11 is 0. The first-order chi connectivity index (χ1) is 6.20. The summed E-state index contributed by atoms with van der Waals surface area (Å²) in [6.45, 7) is 5.46. The predicted octanol–water partition coefficient (Wildman–Crippen LogP) is 1.18. The van der Waals surface area contributed by atoms with Crippen molar-refractivity contribution >= 4 is 5.65 Å². The van der Waals surface area contributed by atoms with E-state index in [-0.39, 0.29) is 26.6 Å². The zero-order valence-electron chi connectivity index (χ0n) is 7.73. The molecule has 0 radical (unpaired) electrons. The van der Waals surface area contributed by atoms with Crippen LogP contribution < -0.4 is 5.56 Å². The third-order valence-corrected chi connectivity index (χ3v) is 2.03. The molecule has 0 N–H and O–H groups in total. The molecule has 0 bridgehead atoms. The van der Waals surface area contributed by atoms with Crippen LogP contribution in [0.1, 0.15) is 11.3 Å². The quantitative estimate of drug-likeness (QED) is 0.664. The summed E-state index contributed by atoms with van der Waals surface area (Å²) in [5.74, 6) is 0. The molecule has 0 aliphatic heterocycles. The SMILES string of the molecule is [CH2-]c1c(C)nc2ccccn2c1=O.[W+2]. The number of nitrogens with zero attached hydrogens (tertiary/aromatic N) is 2. The van der Waals surface area contributed by atoms with Gasteiger partial charge in [-0.2, -0.15) is 6.92 Å². The molecule has 0 aromatic carbocycles. The number of fused-ring (bicyclic) bond motifs is 1. The Bertz CT molecular complexity index is 519. The van der Waals surface area contributed by atoms with Crippen molar-refractivity contribution in [2.24, 2.45) is 0 Å². The van der Waals surface area contributed by atoms with E-state index in [4.69, 9.17) is 0 Å². The standard InChI is InChI=1S/C10H9N2O.W/c1-7-8(2)11-9-5-3-4-6-12(9)10(7)13;/h3-6H,1H2,2H3;/q-1;+2. The van der Waals surface area contributed by atoms with Crippen molar-refractivity contribution in [1.82, 2.24) is 9.38 Å². The second kappa shape index (κ2) is 3.97. The van der Waals surface area contributed by atoms with Crippen LogP contribution >= 0.6 is 0 Å². The minimum atomic E-state index is -0.0944. The molecule has 0 aliphatic rings. The van der Waals surface area contributed by atoms with Crippen molar-refractivity contribution in [3.05, 3.63) is 52.9 Å². The predicted molar refractivity (Wildman–Crippen MR) is 50.7 cm³/mol. The number of aromatic nitrogens is 2. The van der Waals surface area contributed by atoms with Crippen LogP contribution in [0.15, 0.2) is 29.2 Å². The largest absolute Gasteiger partial charge is 2.00 e. The van der Waals surface area contributed by atoms with Gasteiger partial charge >= 0.3 is 21.1 Å². The number of pyridine rings is 1. The molecular weight excluding hydrogens is 348 g/mol. The number of rotatable bonds is 0. The summed E-state index contributed by atoms with van der Waals surface area (Å²) in [6, 6.07) is 5.45. The maximum Gasteiger partial charge on any atom is 2.00 e. The summed E-state index contributed by atoms with van der Waals surface area (Å²) in [5.41, 5.74) is 1.72. The smallest absolute Gasteiger partial charge is 0.346 e. The fourth-order valence-electron chi connectivity index (χ4n) is 1.24. The van der Waals surface area contributed by atoms with Gasteiger partial charge in [0.25, 0.3) is 0 Å². The van der Waals surface area contributed by atoms with Gasteiger partial charge in [0.15, 0.2) is 0 Å². The van der Waals surface area contributed by atoms with Crippen molar-refractivity contribution in [3.63, 3.8) is 0 Å². The van der Waals surface area contributed by atoms with Crippen LogP contribution in [0.3, 0.4) is 0 Å². The van der Waals surface area contributed by atoms with E-state index in [0.29, 0.717) is 16.9 Å². The van der Waals surface area contributed by atoms with E-state index in [2.05, 4.69) is 11.9 Å². The molecule has 14 heavy (non-hydrogen) atoms. The molecule has 0 spiro atoms. The monoisotopic (exact) mass is 357 g/mol. The van der Waals surface area contributed by atoms with Gasteiger partial charge in [0.1, 0.15) is 11.2 Å². The van der Waals surface area contributed by atoms with Crippen molar-refractivity contribution in [1.29, 1.82) is 0 Å².